The van der Waals surface area contributed by atoms with Gasteiger partial charge in [-0.1, -0.05) is 18.2 Å². The van der Waals surface area contributed by atoms with Gasteiger partial charge in [-0.2, -0.15) is 0 Å². The summed E-state index contributed by atoms with van der Waals surface area (Å²) in [6.07, 6.45) is -0.450. The molecule has 2 atom stereocenters. The predicted octanol–water partition coefficient (Wildman–Crippen LogP) is 1.96. The van der Waals surface area contributed by atoms with Gasteiger partial charge in [-0.25, -0.2) is 0 Å². The van der Waals surface area contributed by atoms with Crippen LogP contribution in [0.2, 0.25) is 0 Å². The number of aliphatic hydroxyl groups excluding tert-OH is 1. The lowest BCUT2D eigenvalue weighted by atomic mass is 10.0. The fourth-order valence-electron chi connectivity index (χ4n) is 1.72. The average Bonchev–Trinajstić information content (AvgIpc) is 2.30. The second-order valence-corrected chi connectivity index (χ2v) is 4.58. The number of methoxy groups -OCH3 is 1. The lowest BCUT2D eigenvalue weighted by Crippen LogP contribution is -2.31. The van der Waals surface area contributed by atoms with E-state index in [1.54, 1.807) is 7.11 Å². The normalized spacial score (nSPS) is 14.6. The molecule has 3 nitrogen and oxygen atoms in total. The molecule has 96 valence electrons. The smallest absolute Gasteiger partial charge is 0.0897 e. The molecule has 0 aromatic heterocycles. The molecule has 1 rings (SSSR count). The Morgan fingerprint density at radius 2 is 2.00 bits per heavy atom. The molecule has 0 bridgehead atoms. The maximum absolute atomic E-state index is 9.56. The number of hydrogen-bond donors (Lipinski definition) is 2. The molecule has 0 saturated carbocycles. The van der Waals surface area contributed by atoms with Crippen LogP contribution in [0.25, 0.3) is 0 Å². The third-order valence-electron chi connectivity index (χ3n) is 3.05. The molecular formula is C14H23NO2. The number of aryl methyl sites for hydroxylation is 2. The Hall–Kier alpha value is -0.900. The van der Waals surface area contributed by atoms with Gasteiger partial charge in [0.1, 0.15) is 0 Å². The Morgan fingerprint density at radius 3 is 2.59 bits per heavy atom. The van der Waals surface area contributed by atoms with Gasteiger partial charge in [0.15, 0.2) is 0 Å². The Morgan fingerprint density at radius 1 is 1.29 bits per heavy atom. The van der Waals surface area contributed by atoms with Crippen molar-refractivity contribution in [1.29, 1.82) is 0 Å². The molecule has 0 aliphatic heterocycles. The minimum Gasteiger partial charge on any atom is -0.389 e. The molecule has 0 spiro atoms. The molecule has 0 fully saturated rings. The molecule has 2 N–H and O–H groups in total. The minimum atomic E-state index is -0.450. The molecule has 0 aliphatic carbocycles. The van der Waals surface area contributed by atoms with E-state index in [0.717, 1.165) is 0 Å². The maximum atomic E-state index is 9.56. The van der Waals surface area contributed by atoms with Gasteiger partial charge in [0.2, 0.25) is 0 Å². The molecule has 3 heteroatoms. The highest BCUT2D eigenvalue weighted by atomic mass is 16.5. The third-order valence-corrected chi connectivity index (χ3v) is 3.05. The first-order valence-corrected chi connectivity index (χ1v) is 6.02. The molecule has 17 heavy (non-hydrogen) atoms. The van der Waals surface area contributed by atoms with Crippen LogP contribution in [0.1, 0.15) is 29.7 Å². The zero-order valence-electron chi connectivity index (χ0n) is 11.2. The second-order valence-electron chi connectivity index (χ2n) is 4.58. The highest BCUT2D eigenvalue weighted by Gasteiger charge is 2.09. The summed E-state index contributed by atoms with van der Waals surface area (Å²) in [7, 11) is 1.59. The zero-order chi connectivity index (χ0) is 12.8. The van der Waals surface area contributed by atoms with Crippen LogP contribution in [-0.2, 0) is 4.74 Å². The maximum Gasteiger partial charge on any atom is 0.0897 e. The van der Waals surface area contributed by atoms with Gasteiger partial charge in [-0.3, -0.25) is 0 Å². The second kappa shape index (κ2) is 6.74. The van der Waals surface area contributed by atoms with Gasteiger partial charge in [0.05, 0.1) is 12.7 Å². The summed E-state index contributed by atoms with van der Waals surface area (Å²) in [6, 6.07) is 6.69. The van der Waals surface area contributed by atoms with E-state index < -0.39 is 6.10 Å². The lowest BCUT2D eigenvalue weighted by Gasteiger charge is -2.18. The molecule has 0 aliphatic rings. The van der Waals surface area contributed by atoms with Gasteiger partial charge in [0, 0.05) is 19.7 Å². The number of hydrogen-bond acceptors (Lipinski definition) is 3. The van der Waals surface area contributed by atoms with E-state index in [0.29, 0.717) is 13.2 Å². The Bertz CT molecular complexity index is 352. The number of nitrogens with one attached hydrogen (secondary N) is 1. The number of rotatable bonds is 6. The van der Waals surface area contributed by atoms with Crippen LogP contribution < -0.4 is 5.32 Å². The number of benzene rings is 1. The summed E-state index contributed by atoms with van der Waals surface area (Å²) in [5.41, 5.74) is 3.85. The summed E-state index contributed by atoms with van der Waals surface area (Å²) in [4.78, 5) is 0. The van der Waals surface area contributed by atoms with E-state index in [1.165, 1.54) is 16.7 Å². The predicted molar refractivity (Wildman–Crippen MR) is 70.2 cm³/mol. The highest BCUT2D eigenvalue weighted by molar-refractivity contribution is 5.31. The summed E-state index contributed by atoms with van der Waals surface area (Å²) in [5, 5.41) is 12.9. The van der Waals surface area contributed by atoms with Gasteiger partial charge in [0.25, 0.3) is 0 Å². The zero-order valence-corrected chi connectivity index (χ0v) is 11.2. The minimum absolute atomic E-state index is 0.237. The third kappa shape index (κ3) is 4.46. The first kappa shape index (κ1) is 14.2. The monoisotopic (exact) mass is 237 g/mol. The van der Waals surface area contributed by atoms with E-state index in [-0.39, 0.29) is 6.04 Å². The van der Waals surface area contributed by atoms with Crippen LogP contribution in [0.5, 0.6) is 0 Å². The van der Waals surface area contributed by atoms with Crippen LogP contribution >= 0.6 is 0 Å². The largest absolute Gasteiger partial charge is 0.389 e. The van der Waals surface area contributed by atoms with Gasteiger partial charge in [-0.05, 0) is 37.5 Å². The summed E-state index contributed by atoms with van der Waals surface area (Å²) in [5.74, 6) is 0. The van der Waals surface area contributed by atoms with Crippen LogP contribution in [-0.4, -0.2) is 31.5 Å². The van der Waals surface area contributed by atoms with Crippen LogP contribution in [0.15, 0.2) is 18.2 Å². The van der Waals surface area contributed by atoms with E-state index in [2.05, 4.69) is 44.3 Å². The quantitative estimate of drug-likeness (QED) is 0.794. The van der Waals surface area contributed by atoms with Gasteiger partial charge >= 0.3 is 0 Å². The lowest BCUT2D eigenvalue weighted by molar-refractivity contribution is 0.0630. The van der Waals surface area contributed by atoms with E-state index in [4.69, 9.17) is 4.74 Å². The van der Waals surface area contributed by atoms with Crippen molar-refractivity contribution in [1.82, 2.24) is 5.32 Å². The van der Waals surface area contributed by atoms with Crippen LogP contribution in [0, 0.1) is 13.8 Å². The van der Waals surface area contributed by atoms with Crippen molar-refractivity contribution >= 4 is 0 Å². The Balaban J connectivity index is 2.52. The number of aliphatic hydroxyl groups is 1. The summed E-state index contributed by atoms with van der Waals surface area (Å²) < 4.78 is 4.89. The van der Waals surface area contributed by atoms with Crippen molar-refractivity contribution in [3.8, 4) is 0 Å². The first-order valence-electron chi connectivity index (χ1n) is 6.02. The molecule has 1 aromatic carbocycles. The molecule has 0 amide bonds. The molecule has 0 saturated heterocycles. The molecular weight excluding hydrogens is 214 g/mol. The molecule has 2 unspecified atom stereocenters. The van der Waals surface area contributed by atoms with Crippen molar-refractivity contribution < 1.29 is 9.84 Å². The van der Waals surface area contributed by atoms with Gasteiger partial charge < -0.3 is 15.2 Å². The highest BCUT2D eigenvalue weighted by Crippen LogP contribution is 2.16. The van der Waals surface area contributed by atoms with Crippen molar-refractivity contribution in [3.05, 3.63) is 34.9 Å². The van der Waals surface area contributed by atoms with Gasteiger partial charge in [-0.15, -0.1) is 0 Å². The first-order chi connectivity index (χ1) is 8.04. The van der Waals surface area contributed by atoms with Crippen LogP contribution in [0.4, 0.5) is 0 Å². The fourth-order valence-corrected chi connectivity index (χ4v) is 1.72. The Labute approximate surface area is 104 Å². The van der Waals surface area contributed by atoms with E-state index in [1.807, 2.05) is 0 Å². The van der Waals surface area contributed by atoms with Crippen molar-refractivity contribution in [3.63, 3.8) is 0 Å². The van der Waals surface area contributed by atoms with Crippen molar-refractivity contribution in [2.45, 2.75) is 32.9 Å². The van der Waals surface area contributed by atoms with Crippen molar-refractivity contribution in [2.75, 3.05) is 20.3 Å². The van der Waals surface area contributed by atoms with E-state index in [9.17, 15) is 5.11 Å². The summed E-state index contributed by atoms with van der Waals surface area (Å²) >= 11 is 0. The van der Waals surface area contributed by atoms with Crippen molar-refractivity contribution in [2.24, 2.45) is 0 Å². The molecule has 1 aromatic rings. The fraction of sp³-hybridized carbons (Fsp3) is 0.571. The average molecular weight is 237 g/mol. The Kier molecular flexibility index (Phi) is 5.62. The topological polar surface area (TPSA) is 41.5 Å². The standard InChI is InChI=1S/C14H23NO2/c1-10-5-6-13(7-11(10)2)12(3)15-8-14(16)9-17-4/h5-7,12,14-16H,8-9H2,1-4H3. The molecule has 0 heterocycles. The number of ether oxygens (including phenoxy) is 1. The SMILES string of the molecule is COCC(O)CNC(C)c1ccc(C)c(C)c1. The van der Waals surface area contributed by atoms with E-state index >= 15 is 0 Å². The molecule has 0 radical (unpaired) electrons. The summed E-state index contributed by atoms with van der Waals surface area (Å²) in [6.45, 7) is 7.24. The van der Waals surface area contributed by atoms with Crippen LogP contribution in [0.3, 0.4) is 0 Å².